The van der Waals surface area contributed by atoms with Gasteiger partial charge in [0.15, 0.2) is 5.78 Å². The van der Waals surface area contributed by atoms with Gasteiger partial charge in [-0.15, -0.1) is 0 Å². The van der Waals surface area contributed by atoms with E-state index >= 15 is 0 Å². The van der Waals surface area contributed by atoms with Crippen molar-refractivity contribution in [2.24, 2.45) is 9.98 Å². The molecule has 3 rings (SSSR count). The zero-order valence-corrected chi connectivity index (χ0v) is 20.6. The van der Waals surface area contributed by atoms with Gasteiger partial charge in [0, 0.05) is 38.3 Å². The van der Waals surface area contributed by atoms with Gasteiger partial charge in [-0.3, -0.25) is 9.79 Å². The number of amidine groups is 1. The van der Waals surface area contributed by atoms with E-state index in [0.717, 1.165) is 59.7 Å². The number of benzene rings is 2. The molecule has 1 aliphatic heterocycles. The van der Waals surface area contributed by atoms with E-state index in [1.807, 2.05) is 12.3 Å². The van der Waals surface area contributed by atoms with Crippen LogP contribution in [0.5, 0.6) is 0 Å². The van der Waals surface area contributed by atoms with Crippen molar-refractivity contribution in [1.82, 2.24) is 4.90 Å². The summed E-state index contributed by atoms with van der Waals surface area (Å²) in [6.07, 6.45) is 4.55. The molecule has 0 amide bonds. The van der Waals surface area contributed by atoms with Crippen LogP contribution in [0, 0.1) is 0 Å². The van der Waals surface area contributed by atoms with Crippen LogP contribution in [-0.4, -0.2) is 42.9 Å². The highest BCUT2D eigenvalue weighted by atomic mass is 16.1. The van der Waals surface area contributed by atoms with Gasteiger partial charge in [-0.05, 0) is 43.4 Å². The molecular weight excluding hydrogens is 406 g/mol. The Balaban J connectivity index is 2.11. The highest BCUT2D eigenvalue weighted by Gasteiger charge is 2.26. The first kappa shape index (κ1) is 24.4. The molecule has 4 heteroatoms. The topological polar surface area (TPSA) is 45.0 Å². The van der Waals surface area contributed by atoms with Crippen molar-refractivity contribution >= 4 is 23.4 Å². The summed E-state index contributed by atoms with van der Waals surface area (Å²) in [6.45, 7) is 9.79. The SMILES string of the molecule is CCCN(CCC)C1=N/C(=C(/C=NC)c2ccc(-c3ccccc3)cc2)CC(C)=C1C(C)=O. The molecule has 0 unspecified atom stereocenters. The number of nitrogens with zero attached hydrogens (tertiary/aromatic N) is 3. The van der Waals surface area contributed by atoms with E-state index in [4.69, 9.17) is 4.99 Å². The molecule has 0 aliphatic carbocycles. The Bertz CT molecular complexity index is 1080. The lowest BCUT2D eigenvalue weighted by molar-refractivity contribution is -0.113. The first-order valence-electron chi connectivity index (χ1n) is 11.9. The molecule has 0 N–H and O–H groups in total. The van der Waals surface area contributed by atoms with Gasteiger partial charge in [0.2, 0.25) is 0 Å². The zero-order valence-electron chi connectivity index (χ0n) is 20.6. The van der Waals surface area contributed by atoms with Crippen LogP contribution in [0.1, 0.15) is 52.5 Å². The van der Waals surface area contributed by atoms with E-state index in [-0.39, 0.29) is 5.78 Å². The quantitative estimate of drug-likeness (QED) is 0.434. The fourth-order valence-corrected chi connectivity index (χ4v) is 4.38. The summed E-state index contributed by atoms with van der Waals surface area (Å²) < 4.78 is 0. The molecule has 0 fully saturated rings. The number of Topliss-reactive ketones (excluding diaryl/α,β-unsaturated/α-hetero) is 1. The van der Waals surface area contributed by atoms with Gasteiger partial charge < -0.3 is 4.90 Å². The Morgan fingerprint density at radius 1 is 1.00 bits per heavy atom. The number of allylic oxidation sites excluding steroid dienone is 2. The van der Waals surface area contributed by atoms with Crippen molar-refractivity contribution in [3.63, 3.8) is 0 Å². The Morgan fingerprint density at radius 2 is 1.61 bits per heavy atom. The van der Waals surface area contributed by atoms with Crippen molar-refractivity contribution in [3.8, 4) is 11.1 Å². The van der Waals surface area contributed by atoms with Gasteiger partial charge in [0.25, 0.3) is 0 Å². The molecule has 0 radical (unpaired) electrons. The van der Waals surface area contributed by atoms with Crippen LogP contribution in [0.25, 0.3) is 16.7 Å². The molecule has 33 heavy (non-hydrogen) atoms. The predicted molar refractivity (Wildman–Crippen MR) is 141 cm³/mol. The molecule has 0 saturated carbocycles. The van der Waals surface area contributed by atoms with Crippen LogP contribution in [0.2, 0.25) is 0 Å². The minimum absolute atomic E-state index is 0.0837. The number of aliphatic imine (C=N–C) groups is 2. The summed E-state index contributed by atoms with van der Waals surface area (Å²) in [4.78, 5) is 24.3. The minimum Gasteiger partial charge on any atom is -0.356 e. The fourth-order valence-electron chi connectivity index (χ4n) is 4.38. The number of carbonyl (C=O) groups excluding carboxylic acids is 1. The van der Waals surface area contributed by atoms with Crippen LogP contribution >= 0.6 is 0 Å². The summed E-state index contributed by atoms with van der Waals surface area (Å²) in [5.74, 6) is 0.897. The van der Waals surface area contributed by atoms with Crippen molar-refractivity contribution in [2.45, 2.75) is 47.0 Å². The second kappa shape index (κ2) is 11.6. The van der Waals surface area contributed by atoms with E-state index in [1.54, 1.807) is 14.0 Å². The minimum atomic E-state index is 0.0837. The molecule has 0 spiro atoms. The molecule has 2 aromatic rings. The molecule has 0 bridgehead atoms. The van der Waals surface area contributed by atoms with Crippen molar-refractivity contribution in [1.29, 1.82) is 0 Å². The van der Waals surface area contributed by atoms with Crippen LogP contribution in [0.4, 0.5) is 0 Å². The molecule has 4 nitrogen and oxygen atoms in total. The fraction of sp³-hybridized carbons (Fsp3) is 0.345. The second-order valence-corrected chi connectivity index (χ2v) is 8.50. The third-order valence-corrected chi connectivity index (χ3v) is 5.83. The smallest absolute Gasteiger partial charge is 0.163 e. The van der Waals surface area contributed by atoms with Crippen LogP contribution < -0.4 is 0 Å². The number of carbonyl (C=O) groups is 1. The van der Waals surface area contributed by atoms with E-state index in [0.29, 0.717) is 6.42 Å². The highest BCUT2D eigenvalue weighted by Crippen LogP contribution is 2.32. The standard InChI is InChI=1S/C29H35N3O/c1-6-17-32(18-7-2)29-28(22(4)33)21(3)19-27(31-29)26(20-30-5)25-15-13-24(14-16-25)23-11-9-8-10-12-23/h8-16,20H,6-7,17-19H2,1-5H3/b27-26-,30-20?. The summed E-state index contributed by atoms with van der Waals surface area (Å²) >= 11 is 0. The van der Waals surface area contributed by atoms with Crippen LogP contribution in [-0.2, 0) is 4.79 Å². The summed E-state index contributed by atoms with van der Waals surface area (Å²) in [6, 6.07) is 18.9. The Hall–Kier alpha value is -3.27. The predicted octanol–water partition coefficient (Wildman–Crippen LogP) is 6.60. The number of ketones is 1. The largest absolute Gasteiger partial charge is 0.356 e. The van der Waals surface area contributed by atoms with E-state index < -0.39 is 0 Å². The lowest BCUT2D eigenvalue weighted by Crippen LogP contribution is -2.37. The molecule has 1 aliphatic rings. The molecule has 0 saturated heterocycles. The van der Waals surface area contributed by atoms with Gasteiger partial charge in [-0.1, -0.05) is 74.0 Å². The average Bonchev–Trinajstić information content (AvgIpc) is 2.82. The maximum Gasteiger partial charge on any atom is 0.163 e. The lowest BCUT2D eigenvalue weighted by atomic mass is 9.92. The summed E-state index contributed by atoms with van der Waals surface area (Å²) in [5.41, 5.74) is 7.26. The Kier molecular flexibility index (Phi) is 8.53. The molecule has 0 aromatic heterocycles. The highest BCUT2D eigenvalue weighted by molar-refractivity contribution is 6.23. The van der Waals surface area contributed by atoms with E-state index in [9.17, 15) is 4.79 Å². The van der Waals surface area contributed by atoms with Crippen molar-refractivity contribution in [3.05, 3.63) is 77.0 Å². The Morgan fingerprint density at radius 3 is 2.15 bits per heavy atom. The zero-order chi connectivity index (χ0) is 23.8. The molecule has 172 valence electrons. The normalized spacial score (nSPS) is 15.6. The molecule has 2 aromatic carbocycles. The third kappa shape index (κ3) is 5.75. The van der Waals surface area contributed by atoms with E-state index in [2.05, 4.69) is 79.2 Å². The second-order valence-electron chi connectivity index (χ2n) is 8.50. The number of hydrogen-bond donors (Lipinski definition) is 0. The summed E-state index contributed by atoms with van der Waals surface area (Å²) in [7, 11) is 1.79. The monoisotopic (exact) mass is 441 g/mol. The van der Waals surface area contributed by atoms with Crippen LogP contribution in [0.15, 0.2) is 81.4 Å². The number of hydrogen-bond acceptors (Lipinski definition) is 4. The molecule has 1 heterocycles. The maximum absolute atomic E-state index is 12.6. The van der Waals surface area contributed by atoms with Crippen molar-refractivity contribution < 1.29 is 4.79 Å². The van der Waals surface area contributed by atoms with Gasteiger partial charge in [0.05, 0.1) is 11.3 Å². The first-order valence-corrected chi connectivity index (χ1v) is 11.9. The Labute approximate surface area is 198 Å². The number of dihydropyridines is 1. The van der Waals surface area contributed by atoms with Gasteiger partial charge >= 0.3 is 0 Å². The summed E-state index contributed by atoms with van der Waals surface area (Å²) in [5, 5.41) is 0. The van der Waals surface area contributed by atoms with Gasteiger partial charge in [0.1, 0.15) is 5.84 Å². The maximum atomic E-state index is 12.6. The average molecular weight is 442 g/mol. The lowest BCUT2D eigenvalue weighted by Gasteiger charge is -2.30. The molecular formula is C29H35N3O. The van der Waals surface area contributed by atoms with Gasteiger partial charge in [-0.2, -0.15) is 0 Å². The molecule has 0 atom stereocenters. The van der Waals surface area contributed by atoms with Gasteiger partial charge in [-0.25, -0.2) is 4.99 Å². The number of rotatable bonds is 8. The van der Waals surface area contributed by atoms with E-state index in [1.165, 1.54) is 11.1 Å². The van der Waals surface area contributed by atoms with Crippen molar-refractivity contribution in [2.75, 3.05) is 20.1 Å². The van der Waals surface area contributed by atoms with Crippen LogP contribution in [0.3, 0.4) is 0 Å². The first-order chi connectivity index (χ1) is 16.0. The third-order valence-electron chi connectivity index (χ3n) is 5.83.